The molecule has 2 rings (SSSR count). The van der Waals surface area contributed by atoms with Gasteiger partial charge in [-0.25, -0.2) is 0 Å². The molecule has 0 aromatic heterocycles. The number of ether oxygens (including phenoxy) is 1. The van der Waals surface area contributed by atoms with Gasteiger partial charge in [0.05, 0.1) is 13.7 Å². The SMILES string of the molecule is COc1cccc(C(=O)NC(CO)C(=O)NCc2cccc(I)c2)c1. The second kappa shape index (κ2) is 9.38. The summed E-state index contributed by atoms with van der Waals surface area (Å²) in [6.07, 6.45) is 0. The summed E-state index contributed by atoms with van der Waals surface area (Å²) in [4.78, 5) is 24.5. The van der Waals surface area contributed by atoms with Crippen LogP contribution in [0.5, 0.6) is 5.75 Å². The van der Waals surface area contributed by atoms with Crippen LogP contribution in [0.25, 0.3) is 0 Å². The van der Waals surface area contributed by atoms with Gasteiger partial charge in [0.25, 0.3) is 5.91 Å². The lowest BCUT2D eigenvalue weighted by Gasteiger charge is -2.16. The zero-order valence-electron chi connectivity index (χ0n) is 13.7. The molecule has 7 heteroatoms. The summed E-state index contributed by atoms with van der Waals surface area (Å²) in [7, 11) is 1.51. The average Bonchev–Trinajstić information content (AvgIpc) is 2.64. The number of benzene rings is 2. The highest BCUT2D eigenvalue weighted by Crippen LogP contribution is 2.12. The van der Waals surface area contributed by atoms with E-state index < -0.39 is 24.5 Å². The lowest BCUT2D eigenvalue weighted by atomic mass is 10.1. The van der Waals surface area contributed by atoms with Crippen LogP contribution in [0.3, 0.4) is 0 Å². The fourth-order valence-electron chi connectivity index (χ4n) is 2.16. The molecule has 3 N–H and O–H groups in total. The summed E-state index contributed by atoms with van der Waals surface area (Å²) in [5.74, 6) is -0.365. The molecule has 0 aliphatic rings. The monoisotopic (exact) mass is 454 g/mol. The Bertz CT molecular complexity index is 751. The molecular weight excluding hydrogens is 435 g/mol. The second-order valence-corrected chi connectivity index (χ2v) is 6.53. The van der Waals surface area contributed by atoms with Gasteiger partial charge in [-0.2, -0.15) is 0 Å². The number of rotatable bonds is 7. The Kier molecular flexibility index (Phi) is 7.20. The predicted octanol–water partition coefficient (Wildman–Crippen LogP) is 1.71. The van der Waals surface area contributed by atoms with Gasteiger partial charge in [0.2, 0.25) is 5.91 Å². The zero-order valence-corrected chi connectivity index (χ0v) is 15.8. The Morgan fingerprint density at radius 1 is 1.20 bits per heavy atom. The fourth-order valence-corrected chi connectivity index (χ4v) is 2.77. The third-order valence-electron chi connectivity index (χ3n) is 3.49. The number of hydrogen-bond acceptors (Lipinski definition) is 4. The van der Waals surface area contributed by atoms with Crippen molar-refractivity contribution in [2.24, 2.45) is 0 Å². The van der Waals surface area contributed by atoms with Gasteiger partial charge in [-0.1, -0.05) is 18.2 Å². The fraction of sp³-hybridized carbons (Fsp3) is 0.222. The van der Waals surface area contributed by atoms with Crippen LogP contribution < -0.4 is 15.4 Å². The van der Waals surface area contributed by atoms with Crippen molar-refractivity contribution in [1.29, 1.82) is 0 Å². The van der Waals surface area contributed by atoms with Crippen molar-refractivity contribution in [2.45, 2.75) is 12.6 Å². The van der Waals surface area contributed by atoms with E-state index in [0.717, 1.165) is 9.13 Å². The minimum Gasteiger partial charge on any atom is -0.497 e. The number of nitrogens with one attached hydrogen (secondary N) is 2. The van der Waals surface area contributed by atoms with E-state index in [9.17, 15) is 14.7 Å². The molecule has 0 saturated carbocycles. The molecule has 132 valence electrons. The molecule has 0 saturated heterocycles. The lowest BCUT2D eigenvalue weighted by Crippen LogP contribution is -2.48. The maximum Gasteiger partial charge on any atom is 0.252 e. The van der Waals surface area contributed by atoms with Crippen LogP contribution >= 0.6 is 22.6 Å². The average molecular weight is 454 g/mol. The highest BCUT2D eigenvalue weighted by molar-refractivity contribution is 14.1. The third-order valence-corrected chi connectivity index (χ3v) is 4.16. The van der Waals surface area contributed by atoms with E-state index in [2.05, 4.69) is 33.2 Å². The van der Waals surface area contributed by atoms with Crippen LogP contribution in [-0.2, 0) is 11.3 Å². The van der Waals surface area contributed by atoms with Gasteiger partial charge < -0.3 is 20.5 Å². The molecule has 0 bridgehead atoms. The van der Waals surface area contributed by atoms with Crippen LogP contribution in [0.1, 0.15) is 15.9 Å². The van der Waals surface area contributed by atoms with E-state index in [4.69, 9.17) is 4.74 Å². The molecule has 2 aromatic carbocycles. The minimum atomic E-state index is -1.03. The van der Waals surface area contributed by atoms with E-state index in [1.165, 1.54) is 7.11 Å². The van der Waals surface area contributed by atoms with E-state index in [0.29, 0.717) is 17.9 Å². The molecule has 1 atom stereocenters. The molecule has 6 nitrogen and oxygen atoms in total. The Labute approximate surface area is 159 Å². The van der Waals surface area contributed by atoms with Crippen molar-refractivity contribution in [3.63, 3.8) is 0 Å². The van der Waals surface area contributed by atoms with Gasteiger partial charge >= 0.3 is 0 Å². The van der Waals surface area contributed by atoms with Gasteiger partial charge in [-0.3, -0.25) is 9.59 Å². The summed E-state index contributed by atoms with van der Waals surface area (Å²) < 4.78 is 6.14. The summed E-state index contributed by atoms with van der Waals surface area (Å²) in [5, 5.41) is 14.7. The summed E-state index contributed by atoms with van der Waals surface area (Å²) in [6.45, 7) is -0.172. The smallest absolute Gasteiger partial charge is 0.252 e. The molecule has 25 heavy (non-hydrogen) atoms. The van der Waals surface area contributed by atoms with Crippen molar-refractivity contribution in [2.75, 3.05) is 13.7 Å². The molecule has 0 aliphatic carbocycles. The van der Waals surface area contributed by atoms with E-state index >= 15 is 0 Å². The Morgan fingerprint density at radius 2 is 1.96 bits per heavy atom. The highest BCUT2D eigenvalue weighted by Gasteiger charge is 2.20. The Balaban J connectivity index is 1.96. The van der Waals surface area contributed by atoms with Crippen molar-refractivity contribution >= 4 is 34.4 Å². The topological polar surface area (TPSA) is 87.7 Å². The highest BCUT2D eigenvalue weighted by atomic mass is 127. The van der Waals surface area contributed by atoms with E-state index in [-0.39, 0.29) is 0 Å². The zero-order chi connectivity index (χ0) is 18.2. The van der Waals surface area contributed by atoms with Crippen molar-refractivity contribution < 1.29 is 19.4 Å². The number of halogens is 1. The van der Waals surface area contributed by atoms with Gasteiger partial charge in [-0.15, -0.1) is 0 Å². The molecule has 2 aromatic rings. The molecule has 0 aliphatic heterocycles. The number of aliphatic hydroxyl groups excluding tert-OH is 1. The maximum absolute atomic E-state index is 12.2. The quantitative estimate of drug-likeness (QED) is 0.556. The van der Waals surface area contributed by atoms with Crippen LogP contribution in [-0.4, -0.2) is 36.7 Å². The Morgan fingerprint density at radius 3 is 2.64 bits per heavy atom. The molecule has 0 fully saturated rings. The first-order valence-corrected chi connectivity index (χ1v) is 8.69. The first-order valence-electron chi connectivity index (χ1n) is 7.61. The largest absolute Gasteiger partial charge is 0.497 e. The van der Waals surface area contributed by atoms with Gasteiger partial charge in [0.15, 0.2) is 0 Å². The van der Waals surface area contributed by atoms with Gasteiger partial charge in [0.1, 0.15) is 11.8 Å². The number of amides is 2. The lowest BCUT2D eigenvalue weighted by molar-refractivity contribution is -0.124. The number of carbonyl (C=O) groups excluding carboxylic acids is 2. The molecule has 0 heterocycles. The molecular formula is C18H19IN2O4. The number of hydrogen-bond donors (Lipinski definition) is 3. The standard InChI is InChI=1S/C18H19IN2O4/c1-25-15-7-3-5-13(9-15)17(23)21-16(11-22)18(24)20-10-12-4-2-6-14(19)8-12/h2-9,16,22H,10-11H2,1H3,(H,20,24)(H,21,23). The number of aliphatic hydroxyl groups is 1. The maximum atomic E-state index is 12.2. The predicted molar refractivity (Wildman–Crippen MR) is 102 cm³/mol. The normalized spacial score (nSPS) is 11.5. The summed E-state index contributed by atoms with van der Waals surface area (Å²) in [6, 6.07) is 13.2. The van der Waals surface area contributed by atoms with Crippen molar-refractivity contribution in [3.05, 3.63) is 63.2 Å². The van der Waals surface area contributed by atoms with Crippen LogP contribution in [0.2, 0.25) is 0 Å². The molecule has 1 unspecified atom stereocenters. The van der Waals surface area contributed by atoms with Gasteiger partial charge in [0, 0.05) is 15.7 Å². The number of carbonyl (C=O) groups is 2. The minimum absolute atomic E-state index is 0.321. The van der Waals surface area contributed by atoms with E-state index in [1.807, 2.05) is 24.3 Å². The third kappa shape index (κ3) is 5.71. The summed E-state index contributed by atoms with van der Waals surface area (Å²) in [5.41, 5.74) is 1.29. The summed E-state index contributed by atoms with van der Waals surface area (Å²) >= 11 is 2.19. The van der Waals surface area contributed by atoms with Crippen molar-refractivity contribution in [1.82, 2.24) is 10.6 Å². The molecule has 2 amide bonds. The first-order chi connectivity index (χ1) is 12.0. The first kappa shape index (κ1) is 19.2. The van der Waals surface area contributed by atoms with Crippen LogP contribution in [0.15, 0.2) is 48.5 Å². The van der Waals surface area contributed by atoms with Gasteiger partial charge in [-0.05, 0) is 58.5 Å². The number of methoxy groups -OCH3 is 1. The second-order valence-electron chi connectivity index (χ2n) is 5.29. The van der Waals surface area contributed by atoms with Crippen LogP contribution in [0, 0.1) is 3.57 Å². The molecule has 0 radical (unpaired) electrons. The van der Waals surface area contributed by atoms with Crippen LogP contribution in [0.4, 0.5) is 0 Å². The molecule has 0 spiro atoms. The van der Waals surface area contributed by atoms with E-state index in [1.54, 1.807) is 24.3 Å². The van der Waals surface area contributed by atoms with Crippen molar-refractivity contribution in [3.8, 4) is 5.75 Å². The Hall–Kier alpha value is -2.13.